The van der Waals surface area contributed by atoms with Gasteiger partial charge >= 0.3 is 0 Å². The van der Waals surface area contributed by atoms with Crippen LogP contribution < -0.4 is 16.0 Å². The zero-order valence-electron chi connectivity index (χ0n) is 10.2. The Morgan fingerprint density at radius 3 is 2.78 bits per heavy atom. The number of hydrogen-bond donors (Lipinski definition) is 4. The number of aromatic amines is 1. The Bertz CT molecular complexity index is 517. The fourth-order valence-electron chi connectivity index (χ4n) is 1.85. The molecule has 0 aromatic carbocycles. The Labute approximate surface area is 105 Å². The SMILES string of the molecule is Cc1nc(Nc2ccc[nH]2)cc(NC2CNC2)n1. The van der Waals surface area contributed by atoms with Crippen LogP contribution in [0.5, 0.6) is 0 Å². The molecular weight excluding hydrogens is 228 g/mol. The van der Waals surface area contributed by atoms with Crippen molar-refractivity contribution in [3.63, 3.8) is 0 Å². The largest absolute Gasteiger partial charge is 0.365 e. The van der Waals surface area contributed by atoms with Gasteiger partial charge in [0.2, 0.25) is 0 Å². The van der Waals surface area contributed by atoms with Crippen LogP contribution in [0.4, 0.5) is 17.5 Å². The van der Waals surface area contributed by atoms with E-state index < -0.39 is 0 Å². The number of anilines is 3. The molecule has 2 aromatic rings. The summed E-state index contributed by atoms with van der Waals surface area (Å²) in [6, 6.07) is 6.29. The molecule has 0 radical (unpaired) electrons. The number of nitrogens with zero attached hydrogens (tertiary/aromatic N) is 2. The normalized spacial score (nSPS) is 15.2. The predicted molar refractivity (Wildman–Crippen MR) is 71.1 cm³/mol. The van der Waals surface area contributed by atoms with Crippen LogP contribution in [0.1, 0.15) is 5.82 Å². The molecule has 6 heteroatoms. The first-order chi connectivity index (χ1) is 8.79. The second-order valence-corrected chi connectivity index (χ2v) is 4.39. The highest BCUT2D eigenvalue weighted by Gasteiger charge is 2.17. The van der Waals surface area contributed by atoms with Gasteiger partial charge in [-0.25, -0.2) is 9.97 Å². The lowest BCUT2D eigenvalue weighted by Gasteiger charge is -2.28. The van der Waals surface area contributed by atoms with Gasteiger partial charge in [0.15, 0.2) is 0 Å². The minimum Gasteiger partial charge on any atom is -0.365 e. The summed E-state index contributed by atoms with van der Waals surface area (Å²) in [6.07, 6.45) is 1.87. The summed E-state index contributed by atoms with van der Waals surface area (Å²) >= 11 is 0. The number of rotatable bonds is 4. The number of nitrogens with one attached hydrogen (secondary N) is 4. The molecular formula is C12H16N6. The second-order valence-electron chi connectivity index (χ2n) is 4.39. The standard InChI is InChI=1S/C12H16N6/c1-8-15-11(17-9-6-13-7-9)5-12(16-8)18-10-3-2-4-14-10/h2-5,9,13-14H,6-7H2,1H3,(H2,15,16,17,18). The van der Waals surface area contributed by atoms with E-state index in [0.717, 1.165) is 36.4 Å². The summed E-state index contributed by atoms with van der Waals surface area (Å²) in [7, 11) is 0. The third-order valence-electron chi connectivity index (χ3n) is 2.83. The fourth-order valence-corrected chi connectivity index (χ4v) is 1.85. The van der Waals surface area contributed by atoms with Crippen molar-refractivity contribution in [2.24, 2.45) is 0 Å². The summed E-state index contributed by atoms with van der Waals surface area (Å²) in [5.41, 5.74) is 0. The maximum Gasteiger partial charge on any atom is 0.137 e. The summed E-state index contributed by atoms with van der Waals surface area (Å²) in [5.74, 6) is 3.33. The van der Waals surface area contributed by atoms with E-state index in [1.54, 1.807) is 0 Å². The lowest BCUT2D eigenvalue weighted by Crippen LogP contribution is -2.51. The number of hydrogen-bond acceptors (Lipinski definition) is 5. The quantitative estimate of drug-likeness (QED) is 0.651. The van der Waals surface area contributed by atoms with Crippen LogP contribution in [0.25, 0.3) is 0 Å². The molecule has 4 N–H and O–H groups in total. The predicted octanol–water partition coefficient (Wildman–Crippen LogP) is 1.24. The molecule has 94 valence electrons. The molecule has 1 aliphatic rings. The summed E-state index contributed by atoms with van der Waals surface area (Å²) in [6.45, 7) is 3.87. The van der Waals surface area contributed by atoms with E-state index in [4.69, 9.17) is 0 Å². The second kappa shape index (κ2) is 4.66. The molecule has 0 amide bonds. The minimum atomic E-state index is 0.470. The Morgan fingerprint density at radius 1 is 1.28 bits per heavy atom. The Kier molecular flexibility index (Phi) is 2.85. The lowest BCUT2D eigenvalue weighted by atomic mass is 10.2. The fraction of sp³-hybridized carbons (Fsp3) is 0.333. The average Bonchev–Trinajstić information content (AvgIpc) is 2.75. The van der Waals surface area contributed by atoms with Gasteiger partial charge in [-0.15, -0.1) is 0 Å². The lowest BCUT2D eigenvalue weighted by molar-refractivity contribution is 0.471. The minimum absolute atomic E-state index is 0.470. The van der Waals surface area contributed by atoms with Gasteiger partial charge in [0.05, 0.1) is 6.04 Å². The molecule has 0 spiro atoms. The van der Waals surface area contributed by atoms with Crippen molar-refractivity contribution in [1.82, 2.24) is 20.3 Å². The van der Waals surface area contributed by atoms with Crippen molar-refractivity contribution < 1.29 is 0 Å². The van der Waals surface area contributed by atoms with Crippen molar-refractivity contribution in [2.75, 3.05) is 23.7 Å². The molecule has 0 aliphatic carbocycles. The van der Waals surface area contributed by atoms with Gasteiger partial charge in [-0.2, -0.15) is 0 Å². The van der Waals surface area contributed by atoms with Crippen molar-refractivity contribution in [3.8, 4) is 0 Å². The van der Waals surface area contributed by atoms with E-state index in [0.29, 0.717) is 6.04 Å². The molecule has 3 heterocycles. The highest BCUT2D eigenvalue weighted by Crippen LogP contribution is 2.16. The number of aryl methyl sites for hydroxylation is 1. The van der Waals surface area contributed by atoms with E-state index in [1.165, 1.54) is 0 Å². The van der Waals surface area contributed by atoms with E-state index in [1.807, 2.05) is 31.3 Å². The van der Waals surface area contributed by atoms with Crippen LogP contribution in [-0.4, -0.2) is 34.1 Å². The molecule has 0 bridgehead atoms. The Balaban J connectivity index is 1.76. The first-order valence-corrected chi connectivity index (χ1v) is 6.03. The zero-order valence-corrected chi connectivity index (χ0v) is 10.2. The van der Waals surface area contributed by atoms with Crippen LogP contribution in [0, 0.1) is 6.92 Å². The summed E-state index contributed by atoms with van der Waals surface area (Å²) in [4.78, 5) is 11.8. The number of H-pyrrole nitrogens is 1. The summed E-state index contributed by atoms with van der Waals surface area (Å²) < 4.78 is 0. The van der Waals surface area contributed by atoms with Crippen LogP contribution in [0.15, 0.2) is 24.4 Å². The Hall–Kier alpha value is -2.08. The highest BCUT2D eigenvalue weighted by molar-refractivity contribution is 5.56. The molecule has 0 saturated carbocycles. The van der Waals surface area contributed by atoms with Crippen LogP contribution in [-0.2, 0) is 0 Å². The highest BCUT2D eigenvalue weighted by atomic mass is 15.2. The molecule has 1 saturated heterocycles. The van der Waals surface area contributed by atoms with Crippen LogP contribution in [0.2, 0.25) is 0 Å². The van der Waals surface area contributed by atoms with E-state index in [-0.39, 0.29) is 0 Å². The maximum atomic E-state index is 4.38. The first-order valence-electron chi connectivity index (χ1n) is 6.03. The third kappa shape index (κ3) is 2.43. The molecule has 3 rings (SSSR count). The van der Waals surface area contributed by atoms with E-state index in [9.17, 15) is 0 Å². The van der Waals surface area contributed by atoms with Crippen molar-refractivity contribution >= 4 is 17.5 Å². The molecule has 1 fully saturated rings. The van der Waals surface area contributed by atoms with Gasteiger partial charge in [-0.3, -0.25) is 0 Å². The van der Waals surface area contributed by atoms with Gasteiger partial charge < -0.3 is 20.9 Å². The monoisotopic (exact) mass is 244 g/mol. The van der Waals surface area contributed by atoms with Gasteiger partial charge in [0, 0.05) is 25.4 Å². The molecule has 0 unspecified atom stereocenters. The molecule has 1 aliphatic heterocycles. The van der Waals surface area contributed by atoms with E-state index >= 15 is 0 Å². The topological polar surface area (TPSA) is 77.7 Å². The smallest absolute Gasteiger partial charge is 0.137 e. The van der Waals surface area contributed by atoms with Crippen LogP contribution in [0.3, 0.4) is 0 Å². The first kappa shape index (κ1) is 11.0. The van der Waals surface area contributed by atoms with Gasteiger partial charge in [-0.1, -0.05) is 0 Å². The maximum absolute atomic E-state index is 4.38. The zero-order chi connectivity index (χ0) is 12.4. The average molecular weight is 244 g/mol. The molecule has 2 aromatic heterocycles. The van der Waals surface area contributed by atoms with Gasteiger partial charge in [0.1, 0.15) is 23.3 Å². The van der Waals surface area contributed by atoms with Crippen molar-refractivity contribution in [3.05, 3.63) is 30.2 Å². The molecule has 6 nitrogen and oxygen atoms in total. The van der Waals surface area contributed by atoms with Gasteiger partial charge in [0.25, 0.3) is 0 Å². The van der Waals surface area contributed by atoms with Crippen molar-refractivity contribution in [1.29, 1.82) is 0 Å². The van der Waals surface area contributed by atoms with Gasteiger partial charge in [-0.05, 0) is 19.1 Å². The molecule has 0 atom stereocenters. The molecule has 18 heavy (non-hydrogen) atoms. The van der Waals surface area contributed by atoms with Crippen molar-refractivity contribution in [2.45, 2.75) is 13.0 Å². The number of aromatic nitrogens is 3. The summed E-state index contributed by atoms with van der Waals surface area (Å²) in [5, 5.41) is 9.81. The van der Waals surface area contributed by atoms with E-state index in [2.05, 4.69) is 30.9 Å². The Morgan fingerprint density at radius 2 is 2.11 bits per heavy atom. The van der Waals surface area contributed by atoms with Crippen LogP contribution >= 0.6 is 0 Å². The third-order valence-corrected chi connectivity index (χ3v) is 2.83.